The molecule has 0 rings (SSSR count). The Bertz CT molecular complexity index is 151. The maximum atomic E-state index is 8.81. The zero-order chi connectivity index (χ0) is 10.9. The molecule has 0 aromatic heterocycles. The van der Waals surface area contributed by atoms with Gasteiger partial charge < -0.3 is 0 Å². The number of rotatable bonds is 8. The first-order valence-corrected chi connectivity index (χ1v) is 17.7. The van der Waals surface area contributed by atoms with Gasteiger partial charge in [-0.25, -0.2) is 0 Å². The van der Waals surface area contributed by atoms with Crippen molar-refractivity contribution in [1.29, 1.82) is 0 Å². The Hall–Kier alpha value is 0.979. The van der Waals surface area contributed by atoms with Crippen LogP contribution in [0.5, 0.6) is 0 Å². The van der Waals surface area contributed by atoms with Gasteiger partial charge in [0.05, 0.1) is 0 Å². The van der Waals surface area contributed by atoms with Crippen LogP contribution in [0, 0.1) is 0 Å². The summed E-state index contributed by atoms with van der Waals surface area (Å²) in [4.78, 5) is 0. The van der Waals surface area contributed by atoms with Crippen LogP contribution >= 0.6 is 12.7 Å². The molecule has 0 unspecified atom stereocenters. The minimum atomic E-state index is -2.09. The molecule has 3 heteroatoms. The molecule has 0 aliphatic heterocycles. The fraction of sp³-hybridized carbons (Fsp3) is 0.818. The van der Waals surface area contributed by atoms with Gasteiger partial charge in [0.2, 0.25) is 0 Å². The average molecular weight is 370 g/mol. The molecule has 0 aromatic rings. The van der Waals surface area contributed by atoms with Crippen LogP contribution < -0.4 is 0 Å². The molecule has 0 saturated carbocycles. The third-order valence-corrected chi connectivity index (χ3v) is 18.6. The van der Waals surface area contributed by atoms with E-state index < -0.39 is 16.2 Å². The molecular weight excluding hydrogens is 347 g/mol. The zero-order valence-corrected chi connectivity index (χ0v) is 13.9. The van der Waals surface area contributed by atoms with E-state index >= 15 is 0 Å². The molecule has 0 heterocycles. The number of unbranched alkanes of at least 4 members (excludes halogenated alkanes) is 2. The fourth-order valence-electron chi connectivity index (χ4n) is 1.50. The van der Waals surface area contributed by atoms with Gasteiger partial charge in [-0.2, -0.15) is 0 Å². The van der Waals surface area contributed by atoms with Crippen LogP contribution in [0.4, 0.5) is 0 Å². The summed E-state index contributed by atoms with van der Waals surface area (Å²) in [6.45, 7) is 4.69. The van der Waals surface area contributed by atoms with Crippen LogP contribution in [0.1, 0.15) is 39.5 Å². The third-order valence-electron chi connectivity index (χ3n) is 2.41. The topological polar surface area (TPSA) is 20.2 Å². The van der Waals surface area contributed by atoms with Crippen molar-refractivity contribution in [3.8, 4) is 0 Å². The first-order valence-electron chi connectivity index (χ1n) is 5.66. The van der Waals surface area contributed by atoms with E-state index in [4.69, 9.17) is 5.11 Å². The Morgan fingerprint density at radius 3 is 2.00 bits per heavy atom. The van der Waals surface area contributed by atoms with Gasteiger partial charge in [-0.3, -0.25) is 0 Å². The Morgan fingerprint density at radius 1 is 1.14 bits per heavy atom. The van der Waals surface area contributed by atoms with E-state index in [9.17, 15) is 0 Å². The SMILES string of the molecule is CCC[CH2][Sn]([Br])(/[CH]=C\CO)[CH2]CCC. The summed E-state index contributed by atoms with van der Waals surface area (Å²) < 4.78 is 5.09. The number of aliphatic hydroxyl groups is 1. The minimum absolute atomic E-state index is 0.197. The van der Waals surface area contributed by atoms with Crippen molar-refractivity contribution in [2.24, 2.45) is 0 Å². The van der Waals surface area contributed by atoms with Gasteiger partial charge in [0.1, 0.15) is 0 Å². The second-order valence-corrected chi connectivity index (χ2v) is 24.1. The summed E-state index contributed by atoms with van der Waals surface area (Å²) in [5.41, 5.74) is 0. The first-order chi connectivity index (χ1) is 6.68. The molecule has 0 aromatic carbocycles. The first kappa shape index (κ1) is 15.0. The zero-order valence-electron chi connectivity index (χ0n) is 9.43. The normalized spacial score (nSPS) is 12.6. The molecule has 0 aliphatic carbocycles. The van der Waals surface area contributed by atoms with E-state index in [-0.39, 0.29) is 6.61 Å². The molecule has 0 fully saturated rings. The Balaban J connectivity index is 4.09. The van der Waals surface area contributed by atoms with E-state index in [1.165, 1.54) is 34.6 Å². The molecule has 0 bridgehead atoms. The van der Waals surface area contributed by atoms with Crippen molar-refractivity contribution in [3.63, 3.8) is 0 Å². The van der Waals surface area contributed by atoms with Gasteiger partial charge in [-0.15, -0.1) is 0 Å². The van der Waals surface area contributed by atoms with E-state index in [0.29, 0.717) is 0 Å². The Morgan fingerprint density at radius 2 is 1.64 bits per heavy atom. The molecule has 1 N–H and O–H groups in total. The van der Waals surface area contributed by atoms with Gasteiger partial charge in [0.15, 0.2) is 0 Å². The molecule has 0 atom stereocenters. The number of hydrogen-bond donors (Lipinski definition) is 1. The molecular formula is C11H23BrOSn. The second kappa shape index (κ2) is 9.22. The van der Waals surface area contributed by atoms with E-state index in [1.807, 2.05) is 6.08 Å². The van der Waals surface area contributed by atoms with E-state index in [1.54, 1.807) is 0 Å². The molecule has 0 radical (unpaired) electrons. The quantitative estimate of drug-likeness (QED) is 0.641. The molecule has 84 valence electrons. The molecule has 0 spiro atoms. The van der Waals surface area contributed by atoms with Crippen LogP contribution in [0.3, 0.4) is 0 Å². The summed E-state index contributed by atoms with van der Waals surface area (Å²) in [6.07, 6.45) is 7.17. The van der Waals surface area contributed by atoms with Gasteiger partial charge in [-0.1, -0.05) is 0 Å². The summed E-state index contributed by atoms with van der Waals surface area (Å²) in [7, 11) is 0. The van der Waals surface area contributed by atoms with Crippen molar-refractivity contribution in [2.45, 2.75) is 48.4 Å². The van der Waals surface area contributed by atoms with Crippen LogP contribution in [0.25, 0.3) is 0 Å². The Kier molecular flexibility index (Phi) is 9.87. The van der Waals surface area contributed by atoms with Gasteiger partial charge in [0, 0.05) is 0 Å². The maximum absolute atomic E-state index is 8.81. The number of aliphatic hydroxyl groups excluding tert-OH is 1. The van der Waals surface area contributed by atoms with Crippen molar-refractivity contribution in [3.05, 3.63) is 10.2 Å². The van der Waals surface area contributed by atoms with E-state index in [0.717, 1.165) is 0 Å². The molecule has 0 aliphatic rings. The fourth-order valence-corrected chi connectivity index (χ4v) is 15.1. The average Bonchev–Trinajstić information content (AvgIpc) is 2.21. The van der Waals surface area contributed by atoms with Crippen LogP contribution in [-0.2, 0) is 0 Å². The molecule has 0 saturated heterocycles. The van der Waals surface area contributed by atoms with Gasteiger partial charge >= 0.3 is 99.1 Å². The van der Waals surface area contributed by atoms with Crippen molar-refractivity contribution < 1.29 is 5.11 Å². The van der Waals surface area contributed by atoms with Crippen LogP contribution in [0.15, 0.2) is 10.2 Å². The summed E-state index contributed by atoms with van der Waals surface area (Å²) >= 11 is 1.91. The second-order valence-electron chi connectivity index (χ2n) is 3.83. The molecule has 14 heavy (non-hydrogen) atoms. The summed E-state index contributed by atoms with van der Waals surface area (Å²) in [6, 6.07) is 0. The molecule has 1 nitrogen and oxygen atoms in total. The van der Waals surface area contributed by atoms with E-state index in [2.05, 4.69) is 30.6 Å². The van der Waals surface area contributed by atoms with Crippen LogP contribution in [-0.4, -0.2) is 27.9 Å². The predicted molar refractivity (Wildman–Crippen MR) is 70.3 cm³/mol. The van der Waals surface area contributed by atoms with Crippen LogP contribution in [0.2, 0.25) is 8.87 Å². The van der Waals surface area contributed by atoms with Crippen molar-refractivity contribution in [1.82, 2.24) is 0 Å². The number of halogens is 1. The number of hydrogen-bond acceptors (Lipinski definition) is 1. The monoisotopic (exact) mass is 370 g/mol. The van der Waals surface area contributed by atoms with Gasteiger partial charge in [0.25, 0.3) is 0 Å². The summed E-state index contributed by atoms with van der Waals surface area (Å²) in [5, 5.41) is 8.81. The Labute approximate surface area is 98.6 Å². The predicted octanol–water partition coefficient (Wildman–Crippen LogP) is 4.01. The van der Waals surface area contributed by atoms with Crippen molar-refractivity contribution in [2.75, 3.05) is 6.61 Å². The van der Waals surface area contributed by atoms with Gasteiger partial charge in [-0.05, 0) is 0 Å². The van der Waals surface area contributed by atoms with Crippen molar-refractivity contribution >= 4 is 28.9 Å². The summed E-state index contributed by atoms with van der Waals surface area (Å²) in [5.74, 6) is 0. The third kappa shape index (κ3) is 7.29. The molecule has 0 amide bonds. The standard InChI is InChI=1S/2C4H9.C3H5O.BrH.Sn/c2*1-3-4-2;1-2-3-4;;/h2*1,3-4H2,2H3;1-2,4H,3H2;1H;/q;;;;+1/p-1.